The molecular formula is C28H27NO5. The summed E-state index contributed by atoms with van der Waals surface area (Å²) in [5.41, 5.74) is 2.60. The molecule has 0 aromatic heterocycles. The minimum absolute atomic E-state index is 0.0167. The molecule has 34 heavy (non-hydrogen) atoms. The van der Waals surface area contributed by atoms with Crippen LogP contribution in [0.2, 0.25) is 0 Å². The van der Waals surface area contributed by atoms with Gasteiger partial charge in [-0.05, 0) is 67.8 Å². The number of carbonyl (C=O) groups excluding carboxylic acids is 2. The van der Waals surface area contributed by atoms with E-state index in [1.807, 2.05) is 32.9 Å². The number of rotatable bonds is 6. The van der Waals surface area contributed by atoms with E-state index < -0.39 is 17.7 Å². The lowest BCUT2D eigenvalue weighted by molar-refractivity contribution is -0.132. The van der Waals surface area contributed by atoms with Gasteiger partial charge in [-0.2, -0.15) is 0 Å². The first kappa shape index (κ1) is 23.1. The van der Waals surface area contributed by atoms with Crippen LogP contribution in [0.3, 0.4) is 0 Å². The molecule has 4 rings (SSSR count). The van der Waals surface area contributed by atoms with Crippen molar-refractivity contribution in [1.82, 2.24) is 0 Å². The molecule has 1 saturated heterocycles. The Bertz CT molecular complexity index is 1240. The van der Waals surface area contributed by atoms with Crippen LogP contribution in [0.5, 0.6) is 11.5 Å². The fourth-order valence-corrected chi connectivity index (χ4v) is 4.11. The quantitative estimate of drug-likeness (QED) is 0.295. The van der Waals surface area contributed by atoms with E-state index in [0.29, 0.717) is 22.6 Å². The molecule has 1 aliphatic rings. The number of benzene rings is 3. The molecule has 3 aromatic rings. The van der Waals surface area contributed by atoms with Gasteiger partial charge in [-0.15, -0.1) is 0 Å². The van der Waals surface area contributed by atoms with Crippen molar-refractivity contribution in [2.24, 2.45) is 0 Å². The van der Waals surface area contributed by atoms with Crippen LogP contribution < -0.4 is 9.64 Å². The number of Topliss-reactive ketones (excluding diaryl/α,β-unsaturated/α-hetero) is 1. The van der Waals surface area contributed by atoms with Gasteiger partial charge in [0.05, 0.1) is 17.7 Å². The van der Waals surface area contributed by atoms with Crippen molar-refractivity contribution in [2.75, 3.05) is 4.90 Å². The molecule has 0 spiro atoms. The number of aliphatic hydroxyl groups excluding tert-OH is 1. The van der Waals surface area contributed by atoms with Gasteiger partial charge in [0, 0.05) is 11.3 Å². The van der Waals surface area contributed by atoms with Crippen LogP contribution in [0.25, 0.3) is 5.76 Å². The fraction of sp³-hybridized carbons (Fsp3) is 0.214. The second kappa shape index (κ2) is 9.43. The Morgan fingerprint density at radius 1 is 1.00 bits per heavy atom. The molecule has 1 amide bonds. The standard InChI is InChI=1S/C28H27NO5/c1-4-18-8-12-21(13-9-18)29-25(19-10-14-22(30)15-11-19)24(27(32)28(29)33)26(31)20-6-5-7-23(16-20)34-17(2)3/h5-17,25,30-31H,4H2,1-3H3/b26-24-. The number of carbonyl (C=O) groups is 2. The molecule has 0 bridgehead atoms. The Labute approximate surface area is 198 Å². The van der Waals surface area contributed by atoms with Gasteiger partial charge in [-0.25, -0.2) is 0 Å². The van der Waals surface area contributed by atoms with Gasteiger partial charge in [0.25, 0.3) is 11.7 Å². The summed E-state index contributed by atoms with van der Waals surface area (Å²) in [6.07, 6.45) is 0.779. The van der Waals surface area contributed by atoms with E-state index in [2.05, 4.69) is 0 Å². The molecule has 1 atom stereocenters. The first-order valence-corrected chi connectivity index (χ1v) is 11.3. The topological polar surface area (TPSA) is 87.1 Å². The van der Waals surface area contributed by atoms with Crippen molar-refractivity contribution in [1.29, 1.82) is 0 Å². The van der Waals surface area contributed by atoms with Crippen LogP contribution in [-0.4, -0.2) is 28.0 Å². The van der Waals surface area contributed by atoms with Crippen LogP contribution in [0.4, 0.5) is 5.69 Å². The summed E-state index contributed by atoms with van der Waals surface area (Å²) in [6.45, 7) is 5.83. The molecule has 2 N–H and O–H groups in total. The Hall–Kier alpha value is -4.06. The SMILES string of the molecule is CCc1ccc(N2C(=O)C(=O)/C(=C(\O)c3cccc(OC(C)C)c3)C2c2ccc(O)cc2)cc1. The monoisotopic (exact) mass is 457 g/mol. The van der Waals surface area contributed by atoms with Crippen LogP contribution in [0, 0.1) is 0 Å². The van der Waals surface area contributed by atoms with E-state index in [1.165, 1.54) is 17.0 Å². The molecular weight excluding hydrogens is 430 g/mol. The number of amides is 1. The number of ether oxygens (including phenoxy) is 1. The summed E-state index contributed by atoms with van der Waals surface area (Å²) in [5, 5.41) is 21.1. The van der Waals surface area contributed by atoms with Gasteiger partial charge < -0.3 is 14.9 Å². The van der Waals surface area contributed by atoms with Crippen LogP contribution in [0.15, 0.2) is 78.4 Å². The number of phenols is 1. The molecule has 0 radical (unpaired) electrons. The molecule has 174 valence electrons. The maximum atomic E-state index is 13.3. The summed E-state index contributed by atoms with van der Waals surface area (Å²) in [6, 6.07) is 19.6. The molecule has 6 heteroatoms. The maximum absolute atomic E-state index is 13.3. The van der Waals surface area contributed by atoms with Crippen molar-refractivity contribution < 1.29 is 24.5 Å². The van der Waals surface area contributed by atoms with Crippen LogP contribution in [0.1, 0.15) is 43.5 Å². The molecule has 1 aliphatic heterocycles. The number of phenolic OH excluding ortho intramolecular Hbond substituents is 1. The summed E-state index contributed by atoms with van der Waals surface area (Å²) < 4.78 is 5.73. The van der Waals surface area contributed by atoms with Crippen molar-refractivity contribution >= 4 is 23.1 Å². The third kappa shape index (κ3) is 4.39. The Morgan fingerprint density at radius 2 is 1.68 bits per heavy atom. The summed E-state index contributed by atoms with van der Waals surface area (Å²) >= 11 is 0. The van der Waals surface area contributed by atoms with Gasteiger partial charge in [0.1, 0.15) is 17.3 Å². The molecule has 1 heterocycles. The fourth-order valence-electron chi connectivity index (χ4n) is 4.11. The predicted molar refractivity (Wildman–Crippen MR) is 131 cm³/mol. The summed E-state index contributed by atoms with van der Waals surface area (Å²) in [4.78, 5) is 27.9. The number of aliphatic hydroxyl groups is 1. The number of aryl methyl sites for hydroxylation is 1. The summed E-state index contributed by atoms with van der Waals surface area (Å²) in [5.74, 6) is -1.17. The molecule has 6 nitrogen and oxygen atoms in total. The summed E-state index contributed by atoms with van der Waals surface area (Å²) in [7, 11) is 0. The highest BCUT2D eigenvalue weighted by Gasteiger charge is 2.47. The zero-order valence-corrected chi connectivity index (χ0v) is 19.4. The van der Waals surface area contributed by atoms with Crippen molar-refractivity contribution in [3.8, 4) is 11.5 Å². The molecule has 1 fully saturated rings. The third-order valence-electron chi connectivity index (χ3n) is 5.76. The maximum Gasteiger partial charge on any atom is 0.300 e. The highest BCUT2D eigenvalue weighted by molar-refractivity contribution is 6.51. The van der Waals surface area contributed by atoms with E-state index in [-0.39, 0.29) is 23.2 Å². The first-order valence-electron chi connectivity index (χ1n) is 11.3. The largest absolute Gasteiger partial charge is 0.508 e. The molecule has 3 aromatic carbocycles. The smallest absolute Gasteiger partial charge is 0.300 e. The van der Waals surface area contributed by atoms with Crippen LogP contribution in [-0.2, 0) is 16.0 Å². The first-order chi connectivity index (χ1) is 16.3. The Balaban J connectivity index is 1.88. The van der Waals surface area contributed by atoms with E-state index in [9.17, 15) is 19.8 Å². The average Bonchev–Trinajstić information content (AvgIpc) is 3.09. The third-order valence-corrected chi connectivity index (χ3v) is 5.76. The second-order valence-corrected chi connectivity index (χ2v) is 8.48. The van der Waals surface area contributed by atoms with E-state index in [0.717, 1.165) is 12.0 Å². The normalized spacial score (nSPS) is 17.4. The highest BCUT2D eigenvalue weighted by Crippen LogP contribution is 2.42. The number of ketones is 1. The minimum Gasteiger partial charge on any atom is -0.508 e. The van der Waals surface area contributed by atoms with Gasteiger partial charge in [0.2, 0.25) is 0 Å². The van der Waals surface area contributed by atoms with Crippen molar-refractivity contribution in [2.45, 2.75) is 39.3 Å². The molecule has 1 unspecified atom stereocenters. The highest BCUT2D eigenvalue weighted by atomic mass is 16.5. The zero-order chi connectivity index (χ0) is 24.4. The lowest BCUT2D eigenvalue weighted by atomic mass is 9.95. The minimum atomic E-state index is -0.859. The van der Waals surface area contributed by atoms with Gasteiger partial charge in [-0.1, -0.05) is 43.3 Å². The Morgan fingerprint density at radius 3 is 2.29 bits per heavy atom. The second-order valence-electron chi connectivity index (χ2n) is 8.48. The van der Waals surface area contributed by atoms with Gasteiger partial charge in [0.15, 0.2) is 0 Å². The van der Waals surface area contributed by atoms with Gasteiger partial charge in [-0.3, -0.25) is 14.5 Å². The molecule has 0 saturated carbocycles. The average molecular weight is 458 g/mol. The number of anilines is 1. The van der Waals surface area contributed by atoms with Crippen molar-refractivity contribution in [3.05, 3.63) is 95.1 Å². The van der Waals surface area contributed by atoms with Crippen LogP contribution >= 0.6 is 0 Å². The van der Waals surface area contributed by atoms with Crippen molar-refractivity contribution in [3.63, 3.8) is 0 Å². The molecule has 0 aliphatic carbocycles. The lowest BCUT2D eigenvalue weighted by Crippen LogP contribution is -2.29. The van der Waals surface area contributed by atoms with E-state index in [1.54, 1.807) is 48.5 Å². The Kier molecular flexibility index (Phi) is 6.41. The zero-order valence-electron chi connectivity index (χ0n) is 19.4. The van der Waals surface area contributed by atoms with E-state index >= 15 is 0 Å². The van der Waals surface area contributed by atoms with E-state index in [4.69, 9.17) is 4.74 Å². The van der Waals surface area contributed by atoms with Gasteiger partial charge >= 0.3 is 0 Å². The lowest BCUT2D eigenvalue weighted by Gasteiger charge is -2.25. The number of hydrogen-bond donors (Lipinski definition) is 2. The number of hydrogen-bond acceptors (Lipinski definition) is 5. The number of nitrogens with zero attached hydrogens (tertiary/aromatic N) is 1. The number of aromatic hydroxyl groups is 1. The predicted octanol–water partition coefficient (Wildman–Crippen LogP) is 5.37.